The summed E-state index contributed by atoms with van der Waals surface area (Å²) in [6.07, 6.45) is 0.679. The van der Waals surface area contributed by atoms with E-state index in [-0.39, 0.29) is 0 Å². The molecule has 0 unspecified atom stereocenters. The van der Waals surface area contributed by atoms with Gasteiger partial charge in [0.25, 0.3) is 0 Å². The molecule has 3 rings (SSSR count). The van der Waals surface area contributed by atoms with Gasteiger partial charge in [-0.25, -0.2) is 4.79 Å². The zero-order valence-corrected chi connectivity index (χ0v) is 11.0. The topological polar surface area (TPSA) is 59.4 Å². The van der Waals surface area contributed by atoms with Crippen molar-refractivity contribution in [2.45, 2.75) is 26.9 Å². The number of carboxylic acid groups (broad SMARTS) is 1. The molecule has 0 bridgehead atoms. The molecule has 0 spiro atoms. The largest absolute Gasteiger partial charge is 0.478 e. The fourth-order valence-corrected chi connectivity index (χ4v) is 2.61. The number of pyridine rings is 1. The SMILES string of the molecule is Cc1ccc2c(C(=O)O)c3c(nc2c1C)CCOC3. The summed E-state index contributed by atoms with van der Waals surface area (Å²) in [5.41, 5.74) is 4.93. The Morgan fingerprint density at radius 3 is 2.89 bits per heavy atom. The van der Waals surface area contributed by atoms with Crippen LogP contribution in [0.15, 0.2) is 12.1 Å². The second-order valence-corrected chi connectivity index (χ2v) is 4.92. The van der Waals surface area contributed by atoms with Crippen LogP contribution in [0.1, 0.15) is 32.7 Å². The average Bonchev–Trinajstić information content (AvgIpc) is 2.40. The molecular formula is C15H15NO3. The Hall–Kier alpha value is -1.94. The third kappa shape index (κ3) is 1.79. The van der Waals surface area contributed by atoms with Gasteiger partial charge in [-0.3, -0.25) is 4.98 Å². The van der Waals surface area contributed by atoms with Crippen molar-refractivity contribution in [3.63, 3.8) is 0 Å². The molecule has 0 amide bonds. The van der Waals surface area contributed by atoms with Gasteiger partial charge in [0.15, 0.2) is 0 Å². The maximum atomic E-state index is 11.6. The summed E-state index contributed by atoms with van der Waals surface area (Å²) in [5, 5.41) is 10.2. The third-order valence-corrected chi connectivity index (χ3v) is 3.81. The van der Waals surface area contributed by atoms with Crippen LogP contribution in [-0.4, -0.2) is 22.7 Å². The van der Waals surface area contributed by atoms with Gasteiger partial charge in [-0.05, 0) is 25.0 Å². The first kappa shape index (κ1) is 12.1. The molecule has 4 nitrogen and oxygen atoms in total. The Morgan fingerprint density at radius 2 is 2.16 bits per heavy atom. The molecule has 1 aliphatic heterocycles. The van der Waals surface area contributed by atoms with Gasteiger partial charge < -0.3 is 9.84 Å². The monoisotopic (exact) mass is 257 g/mol. The molecule has 4 heteroatoms. The molecule has 0 radical (unpaired) electrons. The van der Waals surface area contributed by atoms with Crippen molar-refractivity contribution in [1.29, 1.82) is 0 Å². The van der Waals surface area contributed by atoms with E-state index >= 15 is 0 Å². The number of ether oxygens (including phenoxy) is 1. The number of rotatable bonds is 1. The van der Waals surface area contributed by atoms with Crippen LogP contribution in [0.25, 0.3) is 10.9 Å². The van der Waals surface area contributed by atoms with E-state index in [9.17, 15) is 9.90 Å². The number of carboxylic acids is 1. The molecule has 0 saturated heterocycles. The molecule has 19 heavy (non-hydrogen) atoms. The third-order valence-electron chi connectivity index (χ3n) is 3.81. The number of aromatic nitrogens is 1. The first-order chi connectivity index (χ1) is 9.09. The smallest absolute Gasteiger partial charge is 0.336 e. The summed E-state index contributed by atoms with van der Waals surface area (Å²) in [5.74, 6) is -0.905. The van der Waals surface area contributed by atoms with Gasteiger partial charge in [0.2, 0.25) is 0 Å². The van der Waals surface area contributed by atoms with Crippen molar-refractivity contribution in [3.8, 4) is 0 Å². The Morgan fingerprint density at radius 1 is 1.37 bits per heavy atom. The minimum Gasteiger partial charge on any atom is -0.478 e. The van der Waals surface area contributed by atoms with Crippen molar-refractivity contribution < 1.29 is 14.6 Å². The van der Waals surface area contributed by atoms with E-state index in [2.05, 4.69) is 4.98 Å². The standard InChI is InChI=1S/C15H15NO3/c1-8-3-4-10-13(15(17)18)11-7-19-6-5-12(11)16-14(10)9(8)2/h3-4H,5-7H2,1-2H3,(H,17,18). The van der Waals surface area contributed by atoms with E-state index in [0.717, 1.165) is 27.9 Å². The van der Waals surface area contributed by atoms with Gasteiger partial charge in [-0.1, -0.05) is 12.1 Å². The molecule has 1 aromatic heterocycles. The van der Waals surface area contributed by atoms with E-state index in [1.54, 1.807) is 0 Å². The average molecular weight is 257 g/mol. The van der Waals surface area contributed by atoms with Crippen LogP contribution in [0.2, 0.25) is 0 Å². The Bertz CT molecular complexity index is 692. The summed E-state index contributed by atoms with van der Waals surface area (Å²) in [6.45, 7) is 4.95. The lowest BCUT2D eigenvalue weighted by Crippen LogP contribution is -2.17. The number of hydrogen-bond donors (Lipinski definition) is 1. The van der Waals surface area contributed by atoms with Crippen LogP contribution in [0.4, 0.5) is 0 Å². The Kier molecular flexibility index (Phi) is 2.75. The molecule has 1 aromatic carbocycles. The van der Waals surface area contributed by atoms with E-state index in [1.807, 2.05) is 26.0 Å². The second-order valence-electron chi connectivity index (χ2n) is 4.92. The summed E-state index contributed by atoms with van der Waals surface area (Å²) >= 11 is 0. The van der Waals surface area contributed by atoms with E-state index < -0.39 is 5.97 Å². The molecule has 0 aliphatic carbocycles. The van der Waals surface area contributed by atoms with Gasteiger partial charge in [-0.15, -0.1) is 0 Å². The second kappa shape index (κ2) is 4.31. The van der Waals surface area contributed by atoms with Crippen molar-refractivity contribution >= 4 is 16.9 Å². The van der Waals surface area contributed by atoms with E-state index in [0.29, 0.717) is 30.6 Å². The van der Waals surface area contributed by atoms with Crippen LogP contribution in [0.5, 0.6) is 0 Å². The molecule has 98 valence electrons. The molecule has 1 aliphatic rings. The lowest BCUT2D eigenvalue weighted by atomic mass is 9.95. The minimum absolute atomic E-state index is 0.340. The minimum atomic E-state index is -0.905. The molecule has 0 atom stereocenters. The number of aromatic carboxylic acids is 1. The lowest BCUT2D eigenvalue weighted by molar-refractivity contribution is 0.0683. The number of benzene rings is 1. The maximum Gasteiger partial charge on any atom is 0.336 e. The predicted molar refractivity (Wildman–Crippen MR) is 71.5 cm³/mol. The maximum absolute atomic E-state index is 11.6. The summed E-state index contributed by atoms with van der Waals surface area (Å²) in [4.78, 5) is 16.3. The first-order valence-corrected chi connectivity index (χ1v) is 6.32. The van der Waals surface area contributed by atoms with Crippen LogP contribution in [0, 0.1) is 13.8 Å². The number of hydrogen-bond acceptors (Lipinski definition) is 3. The highest BCUT2D eigenvalue weighted by Crippen LogP contribution is 2.29. The van der Waals surface area contributed by atoms with Crippen LogP contribution in [-0.2, 0) is 17.8 Å². The van der Waals surface area contributed by atoms with Crippen molar-refractivity contribution in [1.82, 2.24) is 4.98 Å². The lowest BCUT2D eigenvalue weighted by Gasteiger charge is -2.20. The fourth-order valence-electron chi connectivity index (χ4n) is 2.61. The molecule has 2 aromatic rings. The highest BCUT2D eigenvalue weighted by Gasteiger charge is 2.23. The van der Waals surface area contributed by atoms with Gasteiger partial charge in [0.1, 0.15) is 0 Å². The van der Waals surface area contributed by atoms with Gasteiger partial charge >= 0.3 is 5.97 Å². The number of aryl methyl sites for hydroxylation is 2. The summed E-state index contributed by atoms with van der Waals surface area (Å²) in [7, 11) is 0. The molecular weight excluding hydrogens is 242 g/mol. The highest BCUT2D eigenvalue weighted by molar-refractivity contribution is 6.05. The zero-order valence-electron chi connectivity index (χ0n) is 11.0. The Balaban J connectivity index is 2.45. The zero-order chi connectivity index (χ0) is 13.6. The number of carbonyl (C=O) groups is 1. The summed E-state index contributed by atoms with van der Waals surface area (Å²) in [6, 6.07) is 3.80. The van der Waals surface area contributed by atoms with E-state index in [1.165, 1.54) is 0 Å². The van der Waals surface area contributed by atoms with Gasteiger partial charge in [0, 0.05) is 23.1 Å². The molecule has 0 saturated carbocycles. The van der Waals surface area contributed by atoms with Gasteiger partial charge in [0.05, 0.1) is 24.3 Å². The summed E-state index contributed by atoms with van der Waals surface area (Å²) < 4.78 is 5.39. The van der Waals surface area contributed by atoms with E-state index in [4.69, 9.17) is 4.74 Å². The molecule has 0 fully saturated rings. The van der Waals surface area contributed by atoms with Crippen LogP contribution in [0.3, 0.4) is 0 Å². The molecule has 2 heterocycles. The van der Waals surface area contributed by atoms with Crippen LogP contribution >= 0.6 is 0 Å². The quantitative estimate of drug-likeness (QED) is 0.853. The van der Waals surface area contributed by atoms with Crippen molar-refractivity contribution in [2.75, 3.05) is 6.61 Å². The number of fused-ring (bicyclic) bond motifs is 2. The molecule has 1 N–H and O–H groups in total. The van der Waals surface area contributed by atoms with Crippen LogP contribution < -0.4 is 0 Å². The normalized spacial score (nSPS) is 14.4. The number of nitrogens with zero attached hydrogens (tertiary/aromatic N) is 1. The highest BCUT2D eigenvalue weighted by atomic mass is 16.5. The first-order valence-electron chi connectivity index (χ1n) is 6.32. The van der Waals surface area contributed by atoms with Crippen molar-refractivity contribution in [3.05, 3.63) is 40.1 Å². The predicted octanol–water partition coefficient (Wildman–Crippen LogP) is 2.62. The Labute approximate surface area is 111 Å². The fraction of sp³-hybridized carbons (Fsp3) is 0.333. The van der Waals surface area contributed by atoms with Gasteiger partial charge in [-0.2, -0.15) is 0 Å². The van der Waals surface area contributed by atoms with Crippen molar-refractivity contribution in [2.24, 2.45) is 0 Å².